The molecule has 0 spiro atoms. The monoisotopic (exact) mass is 246 g/mol. The molecule has 3 heteroatoms. The minimum absolute atomic E-state index is 0.150. The van der Waals surface area contributed by atoms with Gasteiger partial charge in [-0.2, -0.15) is 0 Å². The van der Waals surface area contributed by atoms with E-state index in [0.717, 1.165) is 31.1 Å². The lowest BCUT2D eigenvalue weighted by Gasteiger charge is -2.10. The van der Waals surface area contributed by atoms with Crippen molar-refractivity contribution in [1.82, 2.24) is 5.32 Å². The topological polar surface area (TPSA) is 55.1 Å². The number of rotatable bonds is 7. The van der Waals surface area contributed by atoms with Crippen molar-refractivity contribution >= 4 is 12.0 Å². The molecule has 0 aromatic heterocycles. The molecule has 0 saturated heterocycles. The van der Waals surface area contributed by atoms with E-state index in [1.807, 2.05) is 12.1 Å². The minimum atomic E-state index is -0.150. The first-order chi connectivity index (χ1) is 8.71. The Bertz CT molecular complexity index is 395. The third-order valence-corrected chi connectivity index (χ3v) is 2.91. The lowest BCUT2D eigenvalue weighted by Crippen LogP contribution is -2.26. The molecule has 1 atom stereocenters. The smallest absolute Gasteiger partial charge is 0.142 e. The molecule has 1 rings (SSSR count). The van der Waals surface area contributed by atoms with Crippen LogP contribution in [0.15, 0.2) is 30.5 Å². The molecule has 0 fully saturated rings. The lowest BCUT2D eigenvalue weighted by molar-refractivity contribution is -0.109. The van der Waals surface area contributed by atoms with Crippen molar-refractivity contribution in [2.75, 3.05) is 0 Å². The normalized spacial score (nSPS) is 13.1. The third kappa shape index (κ3) is 4.24. The highest BCUT2D eigenvalue weighted by atomic mass is 16.1. The standard InChI is InChI=1S/C15H22N2O/c1-3-5-14(11-18)17-10-15(16)13-8-6-12(4-2)7-9-13/h6-11,14,17H,3-5,16H2,1-2H3/b15-10-. The molecular weight excluding hydrogens is 224 g/mol. The number of aryl methyl sites for hydroxylation is 1. The van der Waals surface area contributed by atoms with Crippen LogP contribution in [-0.2, 0) is 11.2 Å². The van der Waals surface area contributed by atoms with E-state index in [-0.39, 0.29) is 6.04 Å². The molecular formula is C15H22N2O. The summed E-state index contributed by atoms with van der Waals surface area (Å²) >= 11 is 0. The summed E-state index contributed by atoms with van der Waals surface area (Å²) in [5.41, 5.74) is 8.88. The Morgan fingerprint density at radius 2 is 2.00 bits per heavy atom. The molecule has 0 saturated carbocycles. The van der Waals surface area contributed by atoms with Gasteiger partial charge in [-0.1, -0.05) is 44.5 Å². The summed E-state index contributed by atoms with van der Waals surface area (Å²) in [6, 6.07) is 7.99. The van der Waals surface area contributed by atoms with Crippen molar-refractivity contribution in [1.29, 1.82) is 0 Å². The number of nitrogens with two attached hydrogens (primary N) is 1. The zero-order chi connectivity index (χ0) is 13.4. The van der Waals surface area contributed by atoms with Gasteiger partial charge in [0.15, 0.2) is 0 Å². The fraction of sp³-hybridized carbons (Fsp3) is 0.400. The Hall–Kier alpha value is -1.77. The van der Waals surface area contributed by atoms with Gasteiger partial charge >= 0.3 is 0 Å². The van der Waals surface area contributed by atoms with Crippen molar-refractivity contribution in [3.8, 4) is 0 Å². The molecule has 1 unspecified atom stereocenters. The highest BCUT2D eigenvalue weighted by molar-refractivity contribution is 5.64. The molecule has 1 aromatic carbocycles. The van der Waals surface area contributed by atoms with Crippen LogP contribution in [0.1, 0.15) is 37.8 Å². The molecule has 0 aliphatic heterocycles. The number of nitrogens with one attached hydrogen (secondary N) is 1. The molecule has 98 valence electrons. The largest absolute Gasteiger partial charge is 0.397 e. The fourth-order valence-electron chi connectivity index (χ4n) is 1.71. The van der Waals surface area contributed by atoms with E-state index in [4.69, 9.17) is 5.73 Å². The van der Waals surface area contributed by atoms with E-state index >= 15 is 0 Å². The van der Waals surface area contributed by atoms with Crippen LogP contribution in [0.3, 0.4) is 0 Å². The summed E-state index contributed by atoms with van der Waals surface area (Å²) in [4.78, 5) is 10.8. The maximum Gasteiger partial charge on any atom is 0.142 e. The Morgan fingerprint density at radius 3 is 2.50 bits per heavy atom. The van der Waals surface area contributed by atoms with E-state index in [2.05, 4.69) is 31.3 Å². The van der Waals surface area contributed by atoms with Gasteiger partial charge in [0.25, 0.3) is 0 Å². The first-order valence-corrected chi connectivity index (χ1v) is 6.47. The molecule has 0 aliphatic rings. The van der Waals surface area contributed by atoms with E-state index in [9.17, 15) is 4.79 Å². The Balaban J connectivity index is 2.66. The number of hydrogen-bond donors (Lipinski definition) is 2. The van der Waals surface area contributed by atoms with Crippen molar-refractivity contribution in [3.63, 3.8) is 0 Å². The molecule has 0 aliphatic carbocycles. The number of carbonyl (C=O) groups excluding carboxylic acids is 1. The molecule has 0 bridgehead atoms. The molecule has 3 N–H and O–H groups in total. The van der Waals surface area contributed by atoms with Gasteiger partial charge in [-0.25, -0.2) is 0 Å². The molecule has 0 heterocycles. The summed E-state index contributed by atoms with van der Waals surface area (Å²) in [6.07, 6.45) is 5.45. The van der Waals surface area contributed by atoms with Crippen LogP contribution in [0.4, 0.5) is 0 Å². The number of aldehydes is 1. The SMILES string of the molecule is CCCC(C=O)N/C=C(\N)c1ccc(CC)cc1. The fourth-order valence-corrected chi connectivity index (χ4v) is 1.71. The predicted octanol–water partition coefficient (Wildman–Crippen LogP) is 2.46. The van der Waals surface area contributed by atoms with E-state index in [1.54, 1.807) is 6.20 Å². The lowest BCUT2D eigenvalue weighted by atomic mass is 10.1. The van der Waals surface area contributed by atoms with Crippen LogP contribution < -0.4 is 11.1 Å². The van der Waals surface area contributed by atoms with E-state index in [1.165, 1.54) is 5.56 Å². The van der Waals surface area contributed by atoms with Crippen LogP contribution in [0.5, 0.6) is 0 Å². The van der Waals surface area contributed by atoms with Crippen molar-refractivity contribution in [2.45, 2.75) is 39.2 Å². The molecule has 1 aromatic rings. The average molecular weight is 246 g/mol. The second-order valence-electron chi connectivity index (χ2n) is 4.35. The highest BCUT2D eigenvalue weighted by Gasteiger charge is 2.03. The third-order valence-electron chi connectivity index (χ3n) is 2.91. The van der Waals surface area contributed by atoms with Crippen LogP contribution in [-0.4, -0.2) is 12.3 Å². The van der Waals surface area contributed by atoms with Gasteiger partial charge < -0.3 is 15.8 Å². The molecule has 3 nitrogen and oxygen atoms in total. The number of hydrogen-bond acceptors (Lipinski definition) is 3. The number of carbonyl (C=O) groups is 1. The summed E-state index contributed by atoms with van der Waals surface area (Å²) in [5.74, 6) is 0. The summed E-state index contributed by atoms with van der Waals surface area (Å²) in [6.45, 7) is 4.17. The number of benzene rings is 1. The predicted molar refractivity (Wildman–Crippen MR) is 75.9 cm³/mol. The van der Waals surface area contributed by atoms with Gasteiger partial charge in [-0.05, 0) is 24.0 Å². The van der Waals surface area contributed by atoms with Crippen molar-refractivity contribution < 1.29 is 4.79 Å². The summed E-state index contributed by atoms with van der Waals surface area (Å²) < 4.78 is 0. The quantitative estimate of drug-likeness (QED) is 0.727. The Kier molecular flexibility index (Phi) is 5.98. The van der Waals surface area contributed by atoms with Gasteiger partial charge in [0, 0.05) is 6.20 Å². The van der Waals surface area contributed by atoms with Crippen LogP contribution in [0.2, 0.25) is 0 Å². The summed E-state index contributed by atoms with van der Waals surface area (Å²) in [5, 5.41) is 3.04. The highest BCUT2D eigenvalue weighted by Crippen LogP contribution is 2.10. The van der Waals surface area contributed by atoms with E-state index < -0.39 is 0 Å². The van der Waals surface area contributed by atoms with Gasteiger partial charge in [0.2, 0.25) is 0 Å². The molecule has 18 heavy (non-hydrogen) atoms. The zero-order valence-electron chi connectivity index (χ0n) is 11.1. The second kappa shape index (κ2) is 7.54. The maximum atomic E-state index is 10.8. The van der Waals surface area contributed by atoms with Crippen LogP contribution in [0, 0.1) is 0 Å². The van der Waals surface area contributed by atoms with Gasteiger partial charge in [0.1, 0.15) is 6.29 Å². The van der Waals surface area contributed by atoms with Gasteiger partial charge in [0.05, 0.1) is 11.7 Å². The summed E-state index contributed by atoms with van der Waals surface area (Å²) in [7, 11) is 0. The van der Waals surface area contributed by atoms with Crippen molar-refractivity contribution in [2.24, 2.45) is 5.73 Å². The maximum absolute atomic E-state index is 10.8. The molecule has 0 amide bonds. The van der Waals surface area contributed by atoms with Gasteiger partial charge in [-0.3, -0.25) is 0 Å². The van der Waals surface area contributed by atoms with Crippen LogP contribution >= 0.6 is 0 Å². The Labute approximate surface area is 109 Å². The average Bonchev–Trinajstić information content (AvgIpc) is 2.43. The van der Waals surface area contributed by atoms with Crippen molar-refractivity contribution in [3.05, 3.63) is 41.6 Å². The zero-order valence-corrected chi connectivity index (χ0v) is 11.1. The Morgan fingerprint density at radius 1 is 1.33 bits per heavy atom. The van der Waals surface area contributed by atoms with E-state index in [0.29, 0.717) is 5.70 Å². The second-order valence-corrected chi connectivity index (χ2v) is 4.35. The van der Waals surface area contributed by atoms with Gasteiger partial charge in [-0.15, -0.1) is 0 Å². The molecule has 0 radical (unpaired) electrons. The van der Waals surface area contributed by atoms with Crippen LogP contribution in [0.25, 0.3) is 5.70 Å². The first-order valence-electron chi connectivity index (χ1n) is 6.47. The minimum Gasteiger partial charge on any atom is -0.397 e. The first kappa shape index (κ1) is 14.3.